The molecule has 0 saturated carbocycles. The van der Waals surface area contributed by atoms with Gasteiger partial charge in [0.25, 0.3) is 0 Å². The number of rotatable bonds is 4. The number of fused-ring (bicyclic) bond motifs is 2. The van der Waals surface area contributed by atoms with Gasteiger partial charge in [0.1, 0.15) is 22.8 Å². The highest BCUT2D eigenvalue weighted by Gasteiger charge is 2.19. The van der Waals surface area contributed by atoms with Crippen LogP contribution >= 0.6 is 0 Å². The van der Waals surface area contributed by atoms with Crippen LogP contribution in [0.5, 0.6) is 23.3 Å². The summed E-state index contributed by atoms with van der Waals surface area (Å²) in [7, 11) is 0. The van der Waals surface area contributed by atoms with Gasteiger partial charge in [0, 0.05) is 17.7 Å². The van der Waals surface area contributed by atoms with Crippen molar-refractivity contribution in [3.63, 3.8) is 0 Å². The number of aromatic nitrogens is 3. The highest BCUT2D eigenvalue weighted by atomic mass is 16.5. The number of hydrogen-bond donors (Lipinski definition) is 3. The van der Waals surface area contributed by atoms with Gasteiger partial charge in [-0.3, -0.25) is 0 Å². The summed E-state index contributed by atoms with van der Waals surface area (Å²) in [5, 5.41) is 34.6. The average molecular weight is 425 g/mol. The largest absolute Gasteiger partial charge is 0.508 e. The number of nitrogens with zero attached hydrogens (tertiary/aromatic N) is 3. The van der Waals surface area contributed by atoms with Crippen molar-refractivity contribution in [3.8, 4) is 46.0 Å². The summed E-state index contributed by atoms with van der Waals surface area (Å²) in [5.41, 5.74) is 0.717. The maximum atomic E-state index is 10.3. The van der Waals surface area contributed by atoms with Crippen molar-refractivity contribution in [2.24, 2.45) is 0 Å². The zero-order valence-corrected chi connectivity index (χ0v) is 17.1. The maximum Gasteiger partial charge on any atom is 0.320 e. The molecule has 4 aromatic carbocycles. The van der Waals surface area contributed by atoms with Crippen LogP contribution in [-0.2, 0) is 0 Å². The van der Waals surface area contributed by atoms with E-state index in [2.05, 4.69) is 39.2 Å². The van der Waals surface area contributed by atoms with Gasteiger partial charge in [0.2, 0.25) is 0 Å². The average Bonchev–Trinajstić information content (AvgIpc) is 2.76. The predicted octanol–water partition coefficient (Wildman–Crippen LogP) is 5.03. The van der Waals surface area contributed by atoms with Gasteiger partial charge in [-0.15, -0.1) is 0 Å². The molecule has 158 valence electrons. The summed E-state index contributed by atoms with van der Waals surface area (Å²) < 4.78 is 5.50. The van der Waals surface area contributed by atoms with E-state index in [0.717, 1.165) is 39.2 Å². The van der Waals surface area contributed by atoms with Gasteiger partial charge in [-0.1, -0.05) is 36.4 Å². The van der Waals surface area contributed by atoms with Crippen molar-refractivity contribution < 1.29 is 20.1 Å². The van der Waals surface area contributed by atoms with Gasteiger partial charge in [-0.05, 0) is 46.7 Å². The monoisotopic (exact) mass is 425 g/mol. The van der Waals surface area contributed by atoms with Crippen LogP contribution in [0.1, 0.15) is 6.92 Å². The lowest BCUT2D eigenvalue weighted by Gasteiger charge is -2.11. The lowest BCUT2D eigenvalue weighted by atomic mass is 10.0. The third-order valence-corrected chi connectivity index (χ3v) is 5.16. The summed E-state index contributed by atoms with van der Waals surface area (Å²) in [6, 6.07) is 20.6. The van der Waals surface area contributed by atoms with Gasteiger partial charge in [0.15, 0.2) is 11.6 Å². The molecule has 0 saturated heterocycles. The fourth-order valence-electron chi connectivity index (χ4n) is 3.70. The first kappa shape index (κ1) is 19.6. The lowest BCUT2D eigenvalue weighted by Crippen LogP contribution is -2.03. The maximum absolute atomic E-state index is 10.3. The normalized spacial score (nSPS) is 11.2. The van der Waals surface area contributed by atoms with E-state index in [0.29, 0.717) is 12.4 Å². The van der Waals surface area contributed by atoms with E-state index in [1.54, 1.807) is 6.92 Å². The van der Waals surface area contributed by atoms with Crippen LogP contribution in [-0.4, -0.2) is 36.9 Å². The molecule has 0 aliphatic heterocycles. The van der Waals surface area contributed by atoms with Gasteiger partial charge in [-0.2, -0.15) is 9.97 Å². The fourth-order valence-corrected chi connectivity index (χ4v) is 3.70. The van der Waals surface area contributed by atoms with Crippen LogP contribution in [0.25, 0.3) is 44.3 Å². The molecular formula is C25H19N3O4. The molecule has 5 aromatic rings. The first-order valence-electron chi connectivity index (χ1n) is 10.1. The van der Waals surface area contributed by atoms with Crippen LogP contribution in [0, 0.1) is 0 Å². The van der Waals surface area contributed by atoms with E-state index in [9.17, 15) is 15.3 Å². The van der Waals surface area contributed by atoms with E-state index in [-0.39, 0.29) is 34.6 Å². The van der Waals surface area contributed by atoms with Crippen molar-refractivity contribution in [1.82, 2.24) is 15.0 Å². The Morgan fingerprint density at radius 1 is 0.688 bits per heavy atom. The van der Waals surface area contributed by atoms with E-state index in [1.165, 1.54) is 0 Å². The minimum absolute atomic E-state index is 0.0146. The number of ether oxygens (including phenoxy) is 1. The molecule has 5 rings (SSSR count). The second-order valence-electron chi connectivity index (χ2n) is 7.32. The van der Waals surface area contributed by atoms with Crippen LogP contribution in [0.2, 0.25) is 0 Å². The van der Waals surface area contributed by atoms with Crippen molar-refractivity contribution in [1.29, 1.82) is 0 Å². The molecule has 7 nitrogen and oxygen atoms in total. The first-order chi connectivity index (χ1) is 15.5. The third kappa shape index (κ3) is 3.50. The smallest absolute Gasteiger partial charge is 0.320 e. The Kier molecular flexibility index (Phi) is 4.71. The molecule has 0 atom stereocenters. The third-order valence-electron chi connectivity index (χ3n) is 5.16. The van der Waals surface area contributed by atoms with Gasteiger partial charge < -0.3 is 20.1 Å². The van der Waals surface area contributed by atoms with Gasteiger partial charge >= 0.3 is 6.01 Å². The van der Waals surface area contributed by atoms with E-state index in [4.69, 9.17) is 4.74 Å². The highest BCUT2D eigenvalue weighted by Crippen LogP contribution is 2.39. The second kappa shape index (κ2) is 7.70. The van der Waals surface area contributed by atoms with Crippen LogP contribution in [0.3, 0.4) is 0 Å². The van der Waals surface area contributed by atoms with Crippen molar-refractivity contribution >= 4 is 21.5 Å². The molecule has 3 N–H and O–H groups in total. The number of phenols is 3. The van der Waals surface area contributed by atoms with Gasteiger partial charge in [-0.25, -0.2) is 4.98 Å². The summed E-state index contributed by atoms with van der Waals surface area (Å²) >= 11 is 0. The zero-order chi connectivity index (χ0) is 22.2. The van der Waals surface area contributed by atoms with E-state index in [1.807, 2.05) is 30.3 Å². The van der Waals surface area contributed by atoms with Crippen LogP contribution in [0.15, 0.2) is 66.7 Å². The topological polar surface area (TPSA) is 109 Å². The molecule has 0 fully saturated rings. The Morgan fingerprint density at radius 2 is 1.31 bits per heavy atom. The minimum atomic E-state index is -0.355. The quantitative estimate of drug-likeness (QED) is 0.347. The number of benzene rings is 4. The summed E-state index contributed by atoms with van der Waals surface area (Å²) in [6.45, 7) is 2.14. The van der Waals surface area contributed by atoms with E-state index >= 15 is 0 Å². The molecular weight excluding hydrogens is 406 g/mol. The molecule has 32 heavy (non-hydrogen) atoms. The Morgan fingerprint density at radius 3 is 2.00 bits per heavy atom. The summed E-state index contributed by atoms with van der Waals surface area (Å²) in [5.74, 6) is -0.614. The van der Waals surface area contributed by atoms with Crippen molar-refractivity contribution in [2.45, 2.75) is 6.92 Å². The van der Waals surface area contributed by atoms with E-state index < -0.39 is 0 Å². The molecule has 0 bridgehead atoms. The molecule has 0 aliphatic rings. The lowest BCUT2D eigenvalue weighted by molar-refractivity contribution is 0.312. The molecule has 0 aliphatic carbocycles. The molecule has 0 amide bonds. The molecule has 7 heteroatoms. The van der Waals surface area contributed by atoms with Crippen LogP contribution in [0.4, 0.5) is 0 Å². The Balaban J connectivity index is 1.69. The molecule has 0 spiro atoms. The predicted molar refractivity (Wildman–Crippen MR) is 122 cm³/mol. The molecule has 1 heterocycles. The Hall–Kier alpha value is -4.39. The highest BCUT2D eigenvalue weighted by molar-refractivity contribution is 5.99. The standard InChI is InChI=1S/C25H19N3O4/c1-2-32-25-27-23(26-24(28-25)22-20(30)12-19(29)13-21(22)31)17-8-7-16-9-14-5-3-4-6-15(14)10-18(16)11-17/h3-13,29-31H,2H2,1H3. The number of phenolic OH excluding ortho intramolecular Hbond substituents is 3. The fraction of sp³-hybridized carbons (Fsp3) is 0.0800. The Labute approximate surface area is 183 Å². The van der Waals surface area contributed by atoms with Gasteiger partial charge in [0.05, 0.1) is 6.61 Å². The van der Waals surface area contributed by atoms with Crippen LogP contribution < -0.4 is 4.74 Å². The SMILES string of the molecule is CCOc1nc(-c2ccc3cc4ccccc4cc3c2)nc(-c2c(O)cc(O)cc2O)n1. The Bertz CT molecular complexity index is 1460. The zero-order valence-electron chi connectivity index (χ0n) is 17.1. The summed E-state index contributed by atoms with van der Waals surface area (Å²) in [4.78, 5) is 13.1. The molecule has 1 aromatic heterocycles. The molecule has 0 radical (unpaired) electrons. The number of aromatic hydroxyl groups is 3. The first-order valence-corrected chi connectivity index (χ1v) is 10.1. The minimum Gasteiger partial charge on any atom is -0.508 e. The second-order valence-corrected chi connectivity index (χ2v) is 7.32. The molecule has 0 unspecified atom stereocenters. The van der Waals surface area contributed by atoms with Crippen molar-refractivity contribution in [2.75, 3.05) is 6.61 Å². The summed E-state index contributed by atoms with van der Waals surface area (Å²) in [6.07, 6.45) is 0. The number of hydrogen-bond acceptors (Lipinski definition) is 7. The van der Waals surface area contributed by atoms with Crippen molar-refractivity contribution in [3.05, 3.63) is 66.7 Å².